The maximum absolute atomic E-state index is 12.1. The number of hydrogen-bond acceptors (Lipinski definition) is 3. The molecule has 0 bridgehead atoms. The van der Waals surface area contributed by atoms with Gasteiger partial charge >= 0.3 is 0 Å². The van der Waals surface area contributed by atoms with Gasteiger partial charge in [0.05, 0.1) is 5.25 Å². The van der Waals surface area contributed by atoms with E-state index in [0.29, 0.717) is 25.0 Å². The van der Waals surface area contributed by atoms with Gasteiger partial charge in [-0.1, -0.05) is 33.1 Å². The molecule has 0 radical (unpaired) electrons. The molecule has 0 aromatic rings. The smallest absolute Gasteiger partial charge is 0.215 e. The summed E-state index contributed by atoms with van der Waals surface area (Å²) < 4.78 is 27.0. The van der Waals surface area contributed by atoms with Crippen molar-refractivity contribution in [3.8, 4) is 0 Å². The Labute approximate surface area is 118 Å². The highest BCUT2D eigenvalue weighted by molar-refractivity contribution is 7.90. The predicted molar refractivity (Wildman–Crippen MR) is 80.7 cm³/mol. The largest absolute Gasteiger partial charge is 0.313 e. The molecule has 1 aliphatic rings. The zero-order chi connectivity index (χ0) is 14.3. The van der Waals surface area contributed by atoms with Crippen LogP contribution in [0.2, 0.25) is 0 Å². The highest BCUT2D eigenvalue weighted by atomic mass is 32.2. The van der Waals surface area contributed by atoms with Crippen molar-refractivity contribution in [3.63, 3.8) is 0 Å². The molecule has 0 aromatic heterocycles. The number of rotatable bonds is 11. The predicted octanol–water partition coefficient (Wildman–Crippen LogP) is 2.26. The van der Waals surface area contributed by atoms with E-state index in [-0.39, 0.29) is 5.25 Å². The van der Waals surface area contributed by atoms with Crippen LogP contribution in [0.25, 0.3) is 0 Å². The topological polar surface area (TPSA) is 58.2 Å². The summed E-state index contributed by atoms with van der Waals surface area (Å²) in [5, 5.41) is 2.93. The average molecular weight is 290 g/mol. The number of sulfonamides is 1. The van der Waals surface area contributed by atoms with Crippen LogP contribution in [0, 0.1) is 5.92 Å². The Kier molecular flexibility index (Phi) is 7.32. The van der Waals surface area contributed by atoms with E-state index < -0.39 is 10.0 Å². The molecule has 1 rings (SSSR count). The van der Waals surface area contributed by atoms with Crippen molar-refractivity contribution < 1.29 is 8.42 Å². The van der Waals surface area contributed by atoms with E-state index in [0.717, 1.165) is 12.8 Å². The van der Waals surface area contributed by atoms with Crippen LogP contribution >= 0.6 is 0 Å². The van der Waals surface area contributed by atoms with Gasteiger partial charge < -0.3 is 5.32 Å². The third-order valence-electron chi connectivity index (χ3n) is 3.92. The molecule has 0 heterocycles. The highest BCUT2D eigenvalue weighted by Crippen LogP contribution is 2.18. The van der Waals surface area contributed by atoms with Gasteiger partial charge in [0, 0.05) is 19.1 Å². The van der Waals surface area contributed by atoms with Gasteiger partial charge in [-0.3, -0.25) is 0 Å². The summed E-state index contributed by atoms with van der Waals surface area (Å²) in [6.45, 7) is 7.23. The van der Waals surface area contributed by atoms with Gasteiger partial charge in [0.1, 0.15) is 0 Å². The van der Waals surface area contributed by atoms with Crippen LogP contribution in [0.4, 0.5) is 0 Å². The Morgan fingerprint density at radius 2 is 1.89 bits per heavy atom. The number of hydrogen-bond donors (Lipinski definition) is 2. The molecular formula is C14H30N2O2S. The van der Waals surface area contributed by atoms with Crippen molar-refractivity contribution in [2.75, 3.05) is 13.1 Å². The maximum Gasteiger partial charge on any atom is 0.215 e. The quantitative estimate of drug-likeness (QED) is 0.614. The summed E-state index contributed by atoms with van der Waals surface area (Å²) in [5.74, 6) is 0.471. The second-order valence-corrected chi connectivity index (χ2v) is 7.99. The summed E-state index contributed by atoms with van der Waals surface area (Å²) in [6, 6.07) is 0.561. The summed E-state index contributed by atoms with van der Waals surface area (Å²) >= 11 is 0. The molecule has 0 aliphatic heterocycles. The molecule has 1 saturated carbocycles. The molecule has 114 valence electrons. The summed E-state index contributed by atoms with van der Waals surface area (Å²) in [6.07, 6.45) is 6.88. The normalized spacial score (nSPS) is 19.3. The van der Waals surface area contributed by atoms with Crippen LogP contribution in [0.5, 0.6) is 0 Å². The van der Waals surface area contributed by atoms with Gasteiger partial charge in [-0.05, 0) is 32.1 Å². The molecule has 2 atom stereocenters. The van der Waals surface area contributed by atoms with Crippen molar-refractivity contribution in [1.29, 1.82) is 0 Å². The fourth-order valence-corrected chi connectivity index (χ4v) is 3.12. The first kappa shape index (κ1) is 16.9. The Morgan fingerprint density at radius 3 is 2.42 bits per heavy atom. The Hall–Kier alpha value is -0.130. The van der Waals surface area contributed by atoms with Crippen molar-refractivity contribution in [1.82, 2.24) is 10.0 Å². The minimum atomic E-state index is -3.17. The lowest BCUT2D eigenvalue weighted by atomic mass is 10.00. The van der Waals surface area contributed by atoms with Crippen LogP contribution in [0.3, 0.4) is 0 Å². The van der Waals surface area contributed by atoms with Crippen LogP contribution in [0.1, 0.15) is 59.3 Å². The molecule has 0 aromatic carbocycles. The van der Waals surface area contributed by atoms with Crippen molar-refractivity contribution in [2.45, 2.75) is 70.6 Å². The van der Waals surface area contributed by atoms with Crippen molar-refractivity contribution >= 4 is 10.0 Å². The highest BCUT2D eigenvalue weighted by Gasteiger charge is 2.25. The van der Waals surface area contributed by atoms with Gasteiger partial charge in [-0.2, -0.15) is 0 Å². The number of nitrogens with one attached hydrogen (secondary N) is 2. The minimum absolute atomic E-state index is 0.350. The first-order valence-corrected chi connectivity index (χ1v) is 9.26. The SMILES string of the molecule is CCCCC(CC)CNS(=O)(=O)C(C)CNC1CC1. The molecule has 0 amide bonds. The van der Waals surface area contributed by atoms with E-state index in [1.165, 1.54) is 25.7 Å². The zero-order valence-electron chi connectivity index (χ0n) is 12.6. The van der Waals surface area contributed by atoms with Gasteiger partial charge in [-0.25, -0.2) is 13.1 Å². The van der Waals surface area contributed by atoms with Gasteiger partial charge in [0.25, 0.3) is 0 Å². The van der Waals surface area contributed by atoms with E-state index in [2.05, 4.69) is 23.9 Å². The second kappa shape index (κ2) is 8.22. The van der Waals surface area contributed by atoms with E-state index in [9.17, 15) is 8.42 Å². The lowest BCUT2D eigenvalue weighted by Crippen LogP contribution is -2.41. The molecule has 5 heteroatoms. The van der Waals surface area contributed by atoms with Crippen molar-refractivity contribution in [3.05, 3.63) is 0 Å². The first-order valence-electron chi connectivity index (χ1n) is 7.71. The maximum atomic E-state index is 12.1. The Balaban J connectivity index is 2.30. The van der Waals surface area contributed by atoms with Crippen LogP contribution < -0.4 is 10.0 Å². The molecular weight excluding hydrogens is 260 g/mol. The summed E-state index contributed by atoms with van der Waals surface area (Å²) in [7, 11) is -3.17. The molecule has 1 aliphatic carbocycles. The first-order chi connectivity index (χ1) is 8.99. The Bertz CT molecular complexity index is 339. The third-order valence-corrected chi connectivity index (χ3v) is 5.71. The van der Waals surface area contributed by atoms with Gasteiger partial charge in [-0.15, -0.1) is 0 Å². The number of unbranched alkanes of at least 4 members (excludes halogenated alkanes) is 1. The second-order valence-electron chi connectivity index (χ2n) is 5.80. The monoisotopic (exact) mass is 290 g/mol. The lowest BCUT2D eigenvalue weighted by molar-refractivity contribution is 0.442. The van der Waals surface area contributed by atoms with Crippen molar-refractivity contribution in [2.24, 2.45) is 5.92 Å². The fraction of sp³-hybridized carbons (Fsp3) is 1.00. The average Bonchev–Trinajstić information content (AvgIpc) is 3.20. The molecule has 2 N–H and O–H groups in total. The molecule has 1 fully saturated rings. The molecule has 19 heavy (non-hydrogen) atoms. The molecule has 0 saturated heterocycles. The molecule has 4 nitrogen and oxygen atoms in total. The van der Waals surface area contributed by atoms with E-state index >= 15 is 0 Å². The van der Waals surface area contributed by atoms with Gasteiger partial charge in [0.15, 0.2) is 0 Å². The van der Waals surface area contributed by atoms with Crippen LogP contribution in [-0.2, 0) is 10.0 Å². The minimum Gasteiger partial charge on any atom is -0.313 e. The third kappa shape index (κ3) is 6.72. The van der Waals surface area contributed by atoms with Crippen LogP contribution in [-0.4, -0.2) is 32.8 Å². The Morgan fingerprint density at radius 1 is 1.21 bits per heavy atom. The zero-order valence-corrected chi connectivity index (χ0v) is 13.4. The van der Waals surface area contributed by atoms with Crippen LogP contribution in [0.15, 0.2) is 0 Å². The fourth-order valence-electron chi connectivity index (χ4n) is 2.05. The van der Waals surface area contributed by atoms with E-state index in [1.807, 2.05) is 0 Å². The summed E-state index contributed by atoms with van der Waals surface area (Å²) in [5.41, 5.74) is 0. The van der Waals surface area contributed by atoms with Gasteiger partial charge in [0.2, 0.25) is 10.0 Å². The molecule has 0 spiro atoms. The lowest BCUT2D eigenvalue weighted by Gasteiger charge is -2.18. The summed E-state index contributed by atoms with van der Waals surface area (Å²) in [4.78, 5) is 0. The van der Waals surface area contributed by atoms with E-state index in [1.54, 1.807) is 6.92 Å². The van der Waals surface area contributed by atoms with E-state index in [4.69, 9.17) is 0 Å². The molecule has 2 unspecified atom stereocenters. The standard InChI is InChI=1S/C14H30N2O2S/c1-4-6-7-13(5-2)11-16-19(17,18)12(3)10-15-14-8-9-14/h12-16H,4-11H2,1-3H3.